The Morgan fingerprint density at radius 1 is 1.50 bits per heavy atom. The molecule has 70 valence electrons. The molecule has 0 aromatic heterocycles. The Bertz CT molecular complexity index is 172. The molecule has 0 aliphatic carbocycles. The molecule has 4 nitrogen and oxygen atoms in total. The maximum absolute atomic E-state index is 11.2. The number of β-amino-alcohol motifs (C(OH)–C–C–N with tert-alkyl or cyclic N) is 1. The van der Waals surface area contributed by atoms with Gasteiger partial charge in [-0.1, -0.05) is 6.92 Å². The van der Waals surface area contributed by atoms with Crippen LogP contribution in [-0.4, -0.2) is 46.3 Å². The number of aliphatic hydroxyl groups is 2. The maximum atomic E-state index is 11.2. The molecule has 2 N–H and O–H groups in total. The highest BCUT2D eigenvalue weighted by Crippen LogP contribution is 2.11. The monoisotopic (exact) mass is 173 g/mol. The number of hydrogen-bond acceptors (Lipinski definition) is 3. The number of carbonyl (C=O) groups is 1. The van der Waals surface area contributed by atoms with Crippen LogP contribution in [0, 0.1) is 0 Å². The highest BCUT2D eigenvalue weighted by molar-refractivity contribution is 5.75. The summed E-state index contributed by atoms with van der Waals surface area (Å²) in [6.45, 7) is 2.62. The quantitative estimate of drug-likeness (QED) is 0.554. The Hall–Kier alpha value is -0.610. The van der Waals surface area contributed by atoms with Crippen LogP contribution in [0.3, 0.4) is 0 Å². The van der Waals surface area contributed by atoms with Crippen LogP contribution in [0.1, 0.15) is 19.8 Å². The normalized spacial score (nSPS) is 30.4. The van der Waals surface area contributed by atoms with E-state index in [1.807, 2.05) is 0 Å². The van der Waals surface area contributed by atoms with Crippen molar-refractivity contribution < 1.29 is 15.0 Å². The molecular weight excluding hydrogens is 158 g/mol. The zero-order chi connectivity index (χ0) is 9.14. The number of piperidine rings is 1. The van der Waals surface area contributed by atoms with Gasteiger partial charge in [-0.3, -0.25) is 4.79 Å². The van der Waals surface area contributed by atoms with E-state index < -0.39 is 12.2 Å². The minimum absolute atomic E-state index is 0.0425. The third-order valence-corrected chi connectivity index (χ3v) is 2.20. The minimum atomic E-state index is -0.769. The second-order valence-electron chi connectivity index (χ2n) is 3.12. The average molecular weight is 173 g/mol. The van der Waals surface area contributed by atoms with E-state index in [4.69, 9.17) is 5.11 Å². The van der Waals surface area contributed by atoms with E-state index in [0.29, 0.717) is 19.4 Å². The number of likely N-dealkylation sites (tertiary alicyclic amines) is 1. The lowest BCUT2D eigenvalue weighted by molar-refractivity contribution is -0.137. The number of nitrogens with zero attached hydrogens (tertiary/aromatic N) is 1. The van der Waals surface area contributed by atoms with Gasteiger partial charge >= 0.3 is 0 Å². The van der Waals surface area contributed by atoms with Gasteiger partial charge < -0.3 is 15.1 Å². The highest BCUT2D eigenvalue weighted by atomic mass is 16.3. The van der Waals surface area contributed by atoms with Gasteiger partial charge in [0.15, 0.2) is 0 Å². The molecule has 1 amide bonds. The van der Waals surface area contributed by atoms with Crippen molar-refractivity contribution >= 4 is 5.91 Å². The number of rotatable bonds is 1. The van der Waals surface area contributed by atoms with E-state index >= 15 is 0 Å². The summed E-state index contributed by atoms with van der Waals surface area (Å²) in [5, 5.41) is 18.4. The van der Waals surface area contributed by atoms with E-state index in [-0.39, 0.29) is 12.5 Å². The van der Waals surface area contributed by atoms with Crippen LogP contribution in [0.25, 0.3) is 0 Å². The molecule has 0 radical (unpaired) electrons. The molecule has 0 aromatic rings. The molecule has 2 unspecified atom stereocenters. The summed E-state index contributed by atoms with van der Waals surface area (Å²) >= 11 is 0. The largest absolute Gasteiger partial charge is 0.390 e. The number of amides is 1. The molecule has 0 aromatic carbocycles. The fourth-order valence-electron chi connectivity index (χ4n) is 1.37. The molecule has 0 bridgehead atoms. The Morgan fingerprint density at radius 2 is 2.17 bits per heavy atom. The second-order valence-corrected chi connectivity index (χ2v) is 3.12. The van der Waals surface area contributed by atoms with Crippen LogP contribution in [0.4, 0.5) is 0 Å². The van der Waals surface area contributed by atoms with E-state index in [0.717, 1.165) is 0 Å². The molecule has 0 spiro atoms. The van der Waals surface area contributed by atoms with Gasteiger partial charge in [-0.05, 0) is 6.42 Å². The second kappa shape index (κ2) is 3.87. The van der Waals surface area contributed by atoms with Crippen LogP contribution >= 0.6 is 0 Å². The minimum Gasteiger partial charge on any atom is -0.390 e. The van der Waals surface area contributed by atoms with Crippen LogP contribution in [0.15, 0.2) is 0 Å². The smallest absolute Gasteiger partial charge is 0.222 e. The van der Waals surface area contributed by atoms with Crippen molar-refractivity contribution in [3.8, 4) is 0 Å². The van der Waals surface area contributed by atoms with E-state index in [9.17, 15) is 9.90 Å². The third kappa shape index (κ3) is 1.95. The first-order valence-electron chi connectivity index (χ1n) is 4.29. The topological polar surface area (TPSA) is 60.8 Å². The van der Waals surface area contributed by atoms with Crippen molar-refractivity contribution in [1.82, 2.24) is 4.90 Å². The molecule has 12 heavy (non-hydrogen) atoms. The SMILES string of the molecule is CCC(=O)N1CCC(O)C(O)C1. The lowest BCUT2D eigenvalue weighted by Crippen LogP contribution is -2.48. The molecule has 0 saturated carbocycles. The summed E-state index contributed by atoms with van der Waals surface area (Å²) in [5.41, 5.74) is 0. The Kier molecular flexibility index (Phi) is 3.05. The van der Waals surface area contributed by atoms with Gasteiger partial charge in [-0.2, -0.15) is 0 Å². The number of carbonyl (C=O) groups excluding carboxylic acids is 1. The van der Waals surface area contributed by atoms with Gasteiger partial charge in [-0.25, -0.2) is 0 Å². The number of hydrogen-bond donors (Lipinski definition) is 2. The first-order chi connectivity index (χ1) is 5.65. The molecule has 1 heterocycles. The molecular formula is C8H15NO3. The van der Waals surface area contributed by atoms with E-state index in [2.05, 4.69) is 0 Å². The Labute approximate surface area is 71.8 Å². The molecule has 1 saturated heterocycles. The molecule has 1 aliphatic rings. The predicted octanol–water partition coefficient (Wildman–Crippen LogP) is -0.650. The van der Waals surface area contributed by atoms with Crippen molar-refractivity contribution in [2.75, 3.05) is 13.1 Å². The fourth-order valence-corrected chi connectivity index (χ4v) is 1.37. The average Bonchev–Trinajstić information content (AvgIpc) is 2.08. The van der Waals surface area contributed by atoms with Gasteiger partial charge in [0.1, 0.15) is 0 Å². The van der Waals surface area contributed by atoms with E-state index in [1.54, 1.807) is 11.8 Å². The van der Waals surface area contributed by atoms with Crippen LogP contribution in [-0.2, 0) is 4.79 Å². The summed E-state index contributed by atoms with van der Waals surface area (Å²) < 4.78 is 0. The molecule has 1 fully saturated rings. The lowest BCUT2D eigenvalue weighted by Gasteiger charge is -2.33. The summed E-state index contributed by atoms with van der Waals surface area (Å²) in [6.07, 6.45) is -0.490. The third-order valence-electron chi connectivity index (χ3n) is 2.20. The summed E-state index contributed by atoms with van der Waals surface area (Å²) in [4.78, 5) is 12.7. The summed E-state index contributed by atoms with van der Waals surface area (Å²) in [6, 6.07) is 0. The standard InChI is InChI=1S/C8H15NO3/c1-2-8(12)9-4-3-6(10)7(11)5-9/h6-7,10-11H,2-5H2,1H3. The first-order valence-corrected chi connectivity index (χ1v) is 4.29. The van der Waals surface area contributed by atoms with Gasteiger partial charge in [0.25, 0.3) is 0 Å². The first kappa shape index (κ1) is 9.48. The van der Waals surface area contributed by atoms with Gasteiger partial charge in [0.05, 0.1) is 12.2 Å². The predicted molar refractivity (Wildman–Crippen MR) is 43.5 cm³/mol. The van der Waals surface area contributed by atoms with Crippen LogP contribution < -0.4 is 0 Å². The van der Waals surface area contributed by atoms with Gasteiger partial charge in [-0.15, -0.1) is 0 Å². The van der Waals surface area contributed by atoms with Crippen molar-refractivity contribution in [1.29, 1.82) is 0 Å². The highest BCUT2D eigenvalue weighted by Gasteiger charge is 2.27. The lowest BCUT2D eigenvalue weighted by atomic mass is 10.1. The zero-order valence-electron chi connectivity index (χ0n) is 7.23. The van der Waals surface area contributed by atoms with Gasteiger partial charge in [0, 0.05) is 19.5 Å². The molecule has 4 heteroatoms. The van der Waals surface area contributed by atoms with Gasteiger partial charge in [0.2, 0.25) is 5.91 Å². The number of aliphatic hydroxyl groups excluding tert-OH is 2. The summed E-state index contributed by atoms with van der Waals surface area (Å²) in [5.74, 6) is 0.0425. The van der Waals surface area contributed by atoms with Crippen molar-refractivity contribution in [3.05, 3.63) is 0 Å². The Balaban J connectivity index is 2.45. The van der Waals surface area contributed by atoms with Crippen molar-refractivity contribution in [2.24, 2.45) is 0 Å². The molecule has 1 aliphatic heterocycles. The Morgan fingerprint density at radius 3 is 2.67 bits per heavy atom. The van der Waals surface area contributed by atoms with Crippen LogP contribution in [0.2, 0.25) is 0 Å². The van der Waals surface area contributed by atoms with Crippen LogP contribution in [0.5, 0.6) is 0 Å². The zero-order valence-corrected chi connectivity index (χ0v) is 7.23. The fraction of sp³-hybridized carbons (Fsp3) is 0.875. The maximum Gasteiger partial charge on any atom is 0.222 e. The summed E-state index contributed by atoms with van der Waals surface area (Å²) in [7, 11) is 0. The molecule has 2 atom stereocenters. The van der Waals surface area contributed by atoms with Crippen molar-refractivity contribution in [2.45, 2.75) is 32.0 Å². The van der Waals surface area contributed by atoms with Crippen molar-refractivity contribution in [3.63, 3.8) is 0 Å². The van der Waals surface area contributed by atoms with E-state index in [1.165, 1.54) is 0 Å². The molecule has 1 rings (SSSR count).